The summed E-state index contributed by atoms with van der Waals surface area (Å²) in [7, 11) is 2.09. The van der Waals surface area contributed by atoms with Crippen LogP contribution < -0.4 is 4.57 Å². The van der Waals surface area contributed by atoms with Crippen LogP contribution in [-0.4, -0.2) is 4.57 Å². The minimum absolute atomic E-state index is 0.897. The Morgan fingerprint density at radius 1 is 0.864 bits per heavy atom. The van der Waals surface area contributed by atoms with Crippen LogP contribution in [-0.2, 0) is 13.6 Å². The number of imidazole rings is 1. The lowest BCUT2D eigenvalue weighted by Crippen LogP contribution is -2.23. The zero-order valence-electron chi connectivity index (χ0n) is 15.4. The molecule has 0 saturated heterocycles. The van der Waals surface area contributed by atoms with Gasteiger partial charge in [0.15, 0.2) is 0 Å². The minimum Gasteiger partial charge on any atom is -0.240 e. The van der Waals surface area contributed by atoms with E-state index in [0.29, 0.717) is 0 Å². The molecule has 0 aliphatic heterocycles. The Hall–Kier alpha value is -0.790. The summed E-state index contributed by atoms with van der Waals surface area (Å²) < 4.78 is 4.41. The first kappa shape index (κ1) is 19.3. The van der Waals surface area contributed by atoms with Crippen LogP contribution in [0.4, 0.5) is 0 Å². The molecular weight excluding hydrogens is 268 g/mol. The molecule has 0 unspecified atom stereocenters. The number of hydrogen-bond acceptors (Lipinski definition) is 0. The van der Waals surface area contributed by atoms with Crippen LogP contribution in [0.15, 0.2) is 18.7 Å². The quantitative estimate of drug-likeness (QED) is 0.310. The lowest BCUT2D eigenvalue weighted by Gasteiger charge is -2.10. The molecule has 2 heteroatoms. The van der Waals surface area contributed by atoms with E-state index in [4.69, 9.17) is 0 Å². The Morgan fingerprint density at radius 2 is 1.45 bits per heavy atom. The number of rotatable bonds is 14. The van der Waals surface area contributed by atoms with Crippen molar-refractivity contribution < 1.29 is 4.57 Å². The summed E-state index contributed by atoms with van der Waals surface area (Å²) in [5.74, 6) is 0.897. The molecule has 0 amide bonds. The van der Waals surface area contributed by atoms with E-state index in [9.17, 15) is 0 Å². The van der Waals surface area contributed by atoms with E-state index in [1.165, 1.54) is 83.6 Å². The summed E-state index contributed by atoms with van der Waals surface area (Å²) in [5.41, 5.74) is 0. The molecule has 0 aliphatic carbocycles. The van der Waals surface area contributed by atoms with Crippen molar-refractivity contribution in [1.29, 1.82) is 0 Å². The first-order chi connectivity index (χ1) is 10.7. The maximum absolute atomic E-state index is 2.43. The first-order valence-corrected chi connectivity index (χ1v) is 9.73. The number of hydrogen-bond donors (Lipinski definition) is 0. The van der Waals surface area contributed by atoms with Gasteiger partial charge in [0.05, 0.1) is 13.6 Å². The highest BCUT2D eigenvalue weighted by Gasteiger charge is 2.04. The van der Waals surface area contributed by atoms with Gasteiger partial charge in [0.2, 0.25) is 6.33 Å². The summed E-state index contributed by atoms with van der Waals surface area (Å²) in [4.78, 5) is 0. The van der Waals surface area contributed by atoms with E-state index in [1.807, 2.05) is 0 Å². The van der Waals surface area contributed by atoms with E-state index in [1.54, 1.807) is 0 Å². The van der Waals surface area contributed by atoms with E-state index < -0.39 is 0 Å². The maximum Gasteiger partial charge on any atom is 0.243 e. The first-order valence-electron chi connectivity index (χ1n) is 9.73. The second-order valence-corrected chi connectivity index (χ2v) is 7.18. The lowest BCUT2D eigenvalue weighted by molar-refractivity contribution is -0.671. The van der Waals surface area contributed by atoms with Gasteiger partial charge in [-0.15, -0.1) is 0 Å². The molecule has 1 aromatic rings. The smallest absolute Gasteiger partial charge is 0.240 e. The van der Waals surface area contributed by atoms with Crippen LogP contribution in [0.3, 0.4) is 0 Å². The van der Waals surface area contributed by atoms with Gasteiger partial charge in [0, 0.05) is 0 Å². The van der Waals surface area contributed by atoms with Gasteiger partial charge in [0.25, 0.3) is 0 Å². The second kappa shape index (κ2) is 12.7. The summed E-state index contributed by atoms with van der Waals surface area (Å²) in [6.07, 6.45) is 23.5. The van der Waals surface area contributed by atoms with Gasteiger partial charge in [-0.2, -0.15) is 0 Å². The van der Waals surface area contributed by atoms with Gasteiger partial charge in [-0.3, -0.25) is 0 Å². The highest BCUT2D eigenvalue weighted by atomic mass is 15.1. The van der Waals surface area contributed by atoms with Crippen molar-refractivity contribution in [1.82, 2.24) is 4.57 Å². The van der Waals surface area contributed by atoms with Gasteiger partial charge in [-0.25, -0.2) is 9.13 Å². The zero-order valence-corrected chi connectivity index (χ0v) is 15.4. The van der Waals surface area contributed by atoms with E-state index in [-0.39, 0.29) is 0 Å². The lowest BCUT2D eigenvalue weighted by atomic mass is 9.97. The third-order valence-electron chi connectivity index (χ3n) is 4.74. The molecule has 0 saturated carbocycles. The topological polar surface area (TPSA) is 8.81 Å². The van der Waals surface area contributed by atoms with Gasteiger partial charge in [-0.05, 0) is 18.8 Å². The Bertz CT molecular complexity index is 356. The highest BCUT2D eigenvalue weighted by molar-refractivity contribution is 4.66. The van der Waals surface area contributed by atoms with Crippen molar-refractivity contribution in [2.24, 2.45) is 13.0 Å². The zero-order chi connectivity index (χ0) is 16.0. The molecule has 1 heterocycles. The molecule has 1 aromatic heterocycles. The fourth-order valence-electron chi connectivity index (χ4n) is 3.20. The molecule has 0 aliphatic rings. The molecule has 1 rings (SSSR count). The number of aryl methyl sites for hydroxylation is 2. The Morgan fingerprint density at radius 3 is 2.05 bits per heavy atom. The van der Waals surface area contributed by atoms with E-state index in [0.717, 1.165) is 5.92 Å². The summed E-state index contributed by atoms with van der Waals surface area (Å²) in [5, 5.41) is 0. The van der Waals surface area contributed by atoms with Crippen LogP contribution >= 0.6 is 0 Å². The van der Waals surface area contributed by atoms with Crippen molar-refractivity contribution in [3.63, 3.8) is 0 Å². The molecule has 0 aromatic carbocycles. The summed E-state index contributed by atoms with van der Waals surface area (Å²) in [6, 6.07) is 0. The largest absolute Gasteiger partial charge is 0.243 e. The highest BCUT2D eigenvalue weighted by Crippen LogP contribution is 2.17. The number of unbranched alkanes of at least 4 members (excludes halogenated alkanes) is 8. The van der Waals surface area contributed by atoms with E-state index >= 15 is 0 Å². The monoisotopic (exact) mass is 307 g/mol. The molecule has 0 fully saturated rings. The van der Waals surface area contributed by atoms with Crippen LogP contribution in [0.5, 0.6) is 0 Å². The van der Waals surface area contributed by atoms with Crippen molar-refractivity contribution >= 4 is 0 Å². The normalized spacial score (nSPS) is 12.7. The van der Waals surface area contributed by atoms with Crippen molar-refractivity contribution in [2.75, 3.05) is 0 Å². The van der Waals surface area contributed by atoms with Crippen molar-refractivity contribution in [2.45, 2.75) is 97.4 Å². The minimum atomic E-state index is 0.897. The molecule has 0 radical (unpaired) electrons. The molecule has 1 atom stereocenters. The number of nitrogens with zero attached hydrogens (tertiary/aromatic N) is 2. The van der Waals surface area contributed by atoms with Gasteiger partial charge in [-0.1, -0.05) is 78.1 Å². The number of aromatic nitrogens is 2. The SMILES string of the molecule is CCCCCCCCCCC[C@H](C)CCCn1cc[n+](C)c1. The van der Waals surface area contributed by atoms with Gasteiger partial charge >= 0.3 is 0 Å². The molecular formula is C20H39N2+. The van der Waals surface area contributed by atoms with Gasteiger partial charge in [0.1, 0.15) is 12.4 Å². The average Bonchev–Trinajstić information content (AvgIpc) is 2.91. The Balaban J connectivity index is 1.86. The average molecular weight is 308 g/mol. The van der Waals surface area contributed by atoms with Crippen LogP contribution in [0.2, 0.25) is 0 Å². The maximum atomic E-state index is 2.43. The fourth-order valence-corrected chi connectivity index (χ4v) is 3.20. The van der Waals surface area contributed by atoms with Crippen LogP contribution in [0.1, 0.15) is 90.9 Å². The molecule has 0 bridgehead atoms. The molecule has 0 spiro atoms. The van der Waals surface area contributed by atoms with Crippen LogP contribution in [0, 0.1) is 5.92 Å². The molecule has 22 heavy (non-hydrogen) atoms. The molecule has 128 valence electrons. The second-order valence-electron chi connectivity index (χ2n) is 7.18. The summed E-state index contributed by atoms with van der Waals surface area (Å²) in [6.45, 7) is 5.89. The van der Waals surface area contributed by atoms with Crippen molar-refractivity contribution in [3.8, 4) is 0 Å². The third kappa shape index (κ3) is 10.0. The predicted octanol–water partition coefficient (Wildman–Crippen LogP) is 5.65. The van der Waals surface area contributed by atoms with Gasteiger partial charge < -0.3 is 0 Å². The Labute approximate surface area is 138 Å². The molecule has 2 nitrogen and oxygen atoms in total. The fraction of sp³-hybridized carbons (Fsp3) is 0.850. The van der Waals surface area contributed by atoms with Crippen molar-refractivity contribution in [3.05, 3.63) is 18.7 Å². The third-order valence-corrected chi connectivity index (χ3v) is 4.74. The van der Waals surface area contributed by atoms with E-state index in [2.05, 4.69) is 48.8 Å². The Kier molecular flexibility index (Phi) is 11.1. The predicted molar refractivity (Wildman–Crippen MR) is 95.9 cm³/mol. The van der Waals surface area contributed by atoms with Crippen LogP contribution in [0.25, 0.3) is 0 Å². The molecule has 0 N–H and O–H groups in total. The standard InChI is InChI=1S/C20H39N2/c1-4-5-6-7-8-9-10-11-12-14-20(2)15-13-16-22-18-17-21(3)19-22/h17-20H,4-16H2,1-3H3/q+1/t20-/m0/s1. The summed E-state index contributed by atoms with van der Waals surface area (Å²) >= 11 is 0.